The summed E-state index contributed by atoms with van der Waals surface area (Å²) < 4.78 is 5.04. The summed E-state index contributed by atoms with van der Waals surface area (Å²) in [5.74, 6) is -0.632. The Labute approximate surface area is 133 Å². The minimum atomic E-state index is -0.303. The van der Waals surface area contributed by atoms with E-state index in [4.69, 9.17) is 16.3 Å². The van der Waals surface area contributed by atoms with Crippen molar-refractivity contribution in [1.29, 1.82) is 0 Å². The van der Waals surface area contributed by atoms with Crippen molar-refractivity contribution in [1.82, 2.24) is 0 Å². The van der Waals surface area contributed by atoms with Gasteiger partial charge in [-0.25, -0.2) is 0 Å². The van der Waals surface area contributed by atoms with Gasteiger partial charge in [0.05, 0.1) is 18.2 Å². The second kappa shape index (κ2) is 5.97. The van der Waals surface area contributed by atoms with Crippen LogP contribution in [0.15, 0.2) is 36.4 Å². The quantitative estimate of drug-likeness (QED) is 0.645. The Bertz CT molecular complexity index is 744. The van der Waals surface area contributed by atoms with Gasteiger partial charge in [-0.2, -0.15) is 0 Å². The van der Waals surface area contributed by atoms with Gasteiger partial charge in [-0.05, 0) is 17.9 Å². The summed E-state index contributed by atoms with van der Waals surface area (Å²) in [7, 11) is 0. The van der Waals surface area contributed by atoms with Crippen molar-refractivity contribution in [3.8, 4) is 0 Å². The summed E-state index contributed by atoms with van der Waals surface area (Å²) in [6.07, 6.45) is 0.200. The van der Waals surface area contributed by atoms with Crippen LogP contribution in [0, 0.1) is 6.92 Å². The Morgan fingerprint density at radius 1 is 1.32 bits per heavy atom. The first-order valence-corrected chi connectivity index (χ1v) is 7.67. The maximum Gasteiger partial charge on any atom is 0.308 e. The summed E-state index contributed by atoms with van der Waals surface area (Å²) in [4.78, 5) is 25.5. The van der Waals surface area contributed by atoms with Crippen LogP contribution in [-0.4, -0.2) is 30.4 Å². The van der Waals surface area contributed by atoms with E-state index in [0.29, 0.717) is 0 Å². The van der Waals surface area contributed by atoms with Gasteiger partial charge in [-0.15, -0.1) is 11.6 Å². The van der Waals surface area contributed by atoms with E-state index < -0.39 is 0 Å². The number of esters is 1. The van der Waals surface area contributed by atoms with Crippen molar-refractivity contribution in [3.63, 3.8) is 0 Å². The van der Waals surface area contributed by atoms with Crippen molar-refractivity contribution in [2.45, 2.75) is 19.4 Å². The van der Waals surface area contributed by atoms with E-state index >= 15 is 0 Å². The highest BCUT2D eigenvalue weighted by atomic mass is 35.5. The summed E-state index contributed by atoms with van der Waals surface area (Å²) >= 11 is 5.80. The molecule has 1 aliphatic heterocycles. The van der Waals surface area contributed by atoms with Gasteiger partial charge >= 0.3 is 5.97 Å². The third-order valence-electron chi connectivity index (χ3n) is 3.93. The summed E-state index contributed by atoms with van der Waals surface area (Å²) in [6.45, 7) is 2.16. The van der Waals surface area contributed by atoms with Crippen molar-refractivity contribution in [2.24, 2.45) is 0 Å². The van der Waals surface area contributed by atoms with Gasteiger partial charge in [0.2, 0.25) is 5.91 Å². The third-order valence-corrected chi connectivity index (χ3v) is 4.16. The average Bonchev–Trinajstić information content (AvgIpc) is 2.95. The highest BCUT2D eigenvalue weighted by Crippen LogP contribution is 2.33. The Morgan fingerprint density at radius 2 is 2.09 bits per heavy atom. The fourth-order valence-electron chi connectivity index (χ4n) is 2.92. The molecule has 1 aliphatic rings. The number of aryl methyl sites for hydroxylation is 1. The van der Waals surface area contributed by atoms with E-state index in [1.54, 1.807) is 4.90 Å². The Hall–Kier alpha value is -2.07. The van der Waals surface area contributed by atoms with Gasteiger partial charge in [0.15, 0.2) is 0 Å². The van der Waals surface area contributed by atoms with Crippen LogP contribution in [0.3, 0.4) is 0 Å². The lowest BCUT2D eigenvalue weighted by Crippen LogP contribution is -2.42. The number of hydrogen-bond acceptors (Lipinski definition) is 3. The molecule has 0 bridgehead atoms. The van der Waals surface area contributed by atoms with Crippen LogP contribution in [0.4, 0.5) is 5.69 Å². The number of carbonyl (C=O) groups excluding carboxylic acids is 2. The highest BCUT2D eigenvalue weighted by molar-refractivity contribution is 6.30. The molecule has 1 amide bonds. The number of hydrogen-bond donors (Lipinski definition) is 0. The third kappa shape index (κ3) is 2.55. The van der Waals surface area contributed by atoms with Crippen LogP contribution in [-0.2, 0) is 14.3 Å². The first-order chi connectivity index (χ1) is 10.6. The smallest absolute Gasteiger partial charge is 0.308 e. The molecule has 3 rings (SSSR count). The van der Waals surface area contributed by atoms with E-state index in [9.17, 15) is 9.59 Å². The fourth-order valence-corrected chi connectivity index (χ4v) is 3.05. The monoisotopic (exact) mass is 317 g/mol. The zero-order chi connectivity index (χ0) is 15.7. The standard InChI is InChI=1S/C17H16ClNO3/c1-11-6-7-12-4-2-3-5-14(12)17(11)19(15(20)9-18)13-8-16(21)22-10-13/h2-7,13H,8-10H2,1H3. The first-order valence-electron chi connectivity index (χ1n) is 7.14. The lowest BCUT2D eigenvalue weighted by molar-refractivity contribution is -0.138. The van der Waals surface area contributed by atoms with Crippen LogP contribution < -0.4 is 4.90 Å². The minimum Gasteiger partial charge on any atom is -0.463 e. The average molecular weight is 318 g/mol. The lowest BCUT2D eigenvalue weighted by atomic mass is 10.0. The second-order valence-corrected chi connectivity index (χ2v) is 5.66. The number of ether oxygens (including phenoxy) is 1. The van der Waals surface area contributed by atoms with Gasteiger partial charge < -0.3 is 9.64 Å². The maximum absolute atomic E-state index is 12.4. The zero-order valence-electron chi connectivity index (χ0n) is 12.2. The van der Waals surface area contributed by atoms with Crippen molar-refractivity contribution >= 4 is 39.9 Å². The molecule has 1 unspecified atom stereocenters. The molecular weight excluding hydrogens is 302 g/mol. The van der Waals surface area contributed by atoms with Gasteiger partial charge in [0.1, 0.15) is 12.5 Å². The predicted octanol–water partition coefficient (Wildman–Crippen LogP) is 3.04. The molecule has 1 atom stereocenters. The van der Waals surface area contributed by atoms with Crippen LogP contribution in [0.5, 0.6) is 0 Å². The highest BCUT2D eigenvalue weighted by Gasteiger charge is 2.34. The summed E-state index contributed by atoms with van der Waals surface area (Å²) in [5, 5.41) is 2.01. The van der Waals surface area contributed by atoms with E-state index in [0.717, 1.165) is 22.0 Å². The van der Waals surface area contributed by atoms with Crippen LogP contribution in [0.25, 0.3) is 10.8 Å². The Balaban J connectivity index is 2.17. The van der Waals surface area contributed by atoms with Crippen LogP contribution in [0.2, 0.25) is 0 Å². The molecule has 114 valence electrons. The Morgan fingerprint density at radius 3 is 2.77 bits per heavy atom. The maximum atomic E-state index is 12.4. The van der Waals surface area contributed by atoms with E-state index in [1.807, 2.05) is 43.3 Å². The molecule has 0 N–H and O–H groups in total. The predicted molar refractivity (Wildman–Crippen MR) is 86.3 cm³/mol. The number of alkyl halides is 1. The van der Waals surface area contributed by atoms with Crippen molar-refractivity contribution < 1.29 is 14.3 Å². The number of rotatable bonds is 3. The number of anilines is 1. The number of fused-ring (bicyclic) bond motifs is 1. The summed E-state index contributed by atoms with van der Waals surface area (Å²) in [6, 6.07) is 11.6. The normalized spacial score (nSPS) is 17.5. The van der Waals surface area contributed by atoms with Crippen molar-refractivity contribution in [3.05, 3.63) is 42.0 Å². The van der Waals surface area contributed by atoms with Crippen LogP contribution >= 0.6 is 11.6 Å². The van der Waals surface area contributed by atoms with Gasteiger partial charge in [-0.3, -0.25) is 9.59 Å². The number of cyclic esters (lactones) is 1. The molecule has 1 saturated heterocycles. The SMILES string of the molecule is Cc1ccc2ccccc2c1N(C(=O)CCl)C1COC(=O)C1. The molecular formula is C17H16ClNO3. The molecule has 0 aliphatic carbocycles. The van der Waals surface area contributed by atoms with Gasteiger partial charge in [0, 0.05) is 5.39 Å². The molecule has 4 nitrogen and oxygen atoms in total. The van der Waals surface area contributed by atoms with E-state index in [2.05, 4.69) is 0 Å². The molecule has 2 aromatic carbocycles. The van der Waals surface area contributed by atoms with Gasteiger partial charge in [-0.1, -0.05) is 36.4 Å². The molecule has 1 heterocycles. The molecule has 1 fully saturated rings. The number of nitrogens with zero attached hydrogens (tertiary/aromatic N) is 1. The lowest BCUT2D eigenvalue weighted by Gasteiger charge is -2.29. The largest absolute Gasteiger partial charge is 0.463 e. The zero-order valence-corrected chi connectivity index (χ0v) is 13.0. The number of amides is 1. The first kappa shape index (κ1) is 14.9. The topological polar surface area (TPSA) is 46.6 Å². The van der Waals surface area contributed by atoms with Gasteiger partial charge in [0.25, 0.3) is 0 Å². The van der Waals surface area contributed by atoms with Crippen LogP contribution in [0.1, 0.15) is 12.0 Å². The minimum absolute atomic E-state index is 0.132. The molecule has 0 aromatic heterocycles. The second-order valence-electron chi connectivity index (χ2n) is 5.39. The number of benzene rings is 2. The molecule has 22 heavy (non-hydrogen) atoms. The number of carbonyl (C=O) groups is 2. The number of halogens is 1. The fraction of sp³-hybridized carbons (Fsp3) is 0.294. The molecule has 0 spiro atoms. The molecule has 5 heteroatoms. The molecule has 2 aromatic rings. The van der Waals surface area contributed by atoms with E-state index in [1.165, 1.54) is 0 Å². The van der Waals surface area contributed by atoms with Crippen molar-refractivity contribution in [2.75, 3.05) is 17.4 Å². The molecule has 0 radical (unpaired) electrons. The summed E-state index contributed by atoms with van der Waals surface area (Å²) in [5.41, 5.74) is 1.78. The molecule has 0 saturated carbocycles. The Kier molecular flexibility index (Phi) is 4.03. The van der Waals surface area contributed by atoms with E-state index in [-0.39, 0.29) is 36.8 Å².